The number of ether oxygens (including phenoxy) is 1. The van der Waals surface area contributed by atoms with Crippen LogP contribution in [0.3, 0.4) is 0 Å². The second kappa shape index (κ2) is 6.24. The molecule has 2 rings (SSSR count). The van der Waals surface area contributed by atoms with E-state index in [2.05, 4.69) is 49.1 Å². The predicted octanol–water partition coefficient (Wildman–Crippen LogP) is 4.21. The van der Waals surface area contributed by atoms with Gasteiger partial charge < -0.3 is 9.64 Å². The summed E-state index contributed by atoms with van der Waals surface area (Å²) in [5, 5.41) is 0. The van der Waals surface area contributed by atoms with Crippen LogP contribution in [0.25, 0.3) is 0 Å². The maximum absolute atomic E-state index is 6.20. The van der Waals surface area contributed by atoms with E-state index in [0.29, 0.717) is 0 Å². The molecule has 0 spiro atoms. The molecule has 0 amide bonds. The summed E-state index contributed by atoms with van der Waals surface area (Å²) >= 11 is 0. The summed E-state index contributed by atoms with van der Waals surface area (Å²) in [7, 11) is 0. The maximum atomic E-state index is 6.20. The van der Waals surface area contributed by atoms with Crippen molar-refractivity contribution in [1.29, 1.82) is 0 Å². The average Bonchev–Trinajstić information content (AvgIpc) is 2.41. The molecule has 2 nitrogen and oxygen atoms in total. The van der Waals surface area contributed by atoms with Gasteiger partial charge in [-0.15, -0.1) is 0 Å². The summed E-state index contributed by atoms with van der Waals surface area (Å²) in [6.07, 6.45) is 6.00. The highest BCUT2D eigenvalue weighted by molar-refractivity contribution is 5.48. The van der Waals surface area contributed by atoms with Crippen molar-refractivity contribution < 1.29 is 4.74 Å². The fourth-order valence-corrected chi connectivity index (χ4v) is 3.12. The van der Waals surface area contributed by atoms with Crippen LogP contribution < -0.4 is 4.90 Å². The van der Waals surface area contributed by atoms with Crippen LogP contribution in [0, 0.1) is 0 Å². The largest absolute Gasteiger partial charge is 0.356 e. The molecule has 2 heteroatoms. The number of benzene rings is 1. The molecule has 1 unspecified atom stereocenters. The highest BCUT2D eigenvalue weighted by atomic mass is 16.5. The zero-order valence-electron chi connectivity index (χ0n) is 11.7. The summed E-state index contributed by atoms with van der Waals surface area (Å²) in [6, 6.07) is 10.7. The van der Waals surface area contributed by atoms with Crippen LogP contribution >= 0.6 is 0 Å². The van der Waals surface area contributed by atoms with Crippen molar-refractivity contribution in [2.24, 2.45) is 0 Å². The summed E-state index contributed by atoms with van der Waals surface area (Å²) < 4.78 is 6.20. The highest BCUT2D eigenvalue weighted by Gasteiger charge is 2.38. The average molecular weight is 247 g/mol. The Balaban J connectivity index is 2.28. The normalized spacial score (nSPS) is 24.2. The molecule has 0 radical (unpaired) electrons. The molecule has 1 saturated heterocycles. The van der Waals surface area contributed by atoms with E-state index in [-0.39, 0.29) is 5.72 Å². The van der Waals surface area contributed by atoms with E-state index in [1.54, 1.807) is 0 Å². The van der Waals surface area contributed by atoms with E-state index in [1.807, 2.05) is 0 Å². The van der Waals surface area contributed by atoms with E-state index in [1.165, 1.54) is 24.9 Å². The van der Waals surface area contributed by atoms with Crippen molar-refractivity contribution >= 4 is 5.69 Å². The first-order valence-corrected chi connectivity index (χ1v) is 7.29. The summed E-state index contributed by atoms with van der Waals surface area (Å²) in [5.41, 5.74) is 1.24. The van der Waals surface area contributed by atoms with Crippen molar-refractivity contribution in [3.05, 3.63) is 30.3 Å². The van der Waals surface area contributed by atoms with Crippen LogP contribution in [0.5, 0.6) is 0 Å². The molecule has 0 saturated carbocycles. The lowest BCUT2D eigenvalue weighted by atomic mass is 9.93. The summed E-state index contributed by atoms with van der Waals surface area (Å²) in [5.74, 6) is 0. The van der Waals surface area contributed by atoms with Crippen molar-refractivity contribution in [3.8, 4) is 0 Å². The number of hydrogen-bond donors (Lipinski definition) is 0. The molecule has 0 bridgehead atoms. The summed E-state index contributed by atoms with van der Waals surface area (Å²) in [6.45, 7) is 6.26. The third kappa shape index (κ3) is 2.69. The molecule has 1 atom stereocenters. The van der Waals surface area contributed by atoms with Gasteiger partial charge in [0.2, 0.25) is 0 Å². The second-order valence-corrected chi connectivity index (χ2v) is 5.07. The first-order valence-electron chi connectivity index (χ1n) is 7.29. The first-order chi connectivity index (χ1) is 8.82. The molecule has 0 aromatic heterocycles. The van der Waals surface area contributed by atoms with Gasteiger partial charge in [-0.1, -0.05) is 31.5 Å². The lowest BCUT2D eigenvalue weighted by Crippen LogP contribution is -2.54. The third-order valence-corrected chi connectivity index (χ3v) is 3.81. The number of nitrogens with zero attached hydrogens (tertiary/aromatic N) is 1. The Bertz CT molecular complexity index is 338. The molecule has 100 valence electrons. The molecule has 1 aromatic rings. The highest BCUT2D eigenvalue weighted by Crippen LogP contribution is 2.37. The van der Waals surface area contributed by atoms with Gasteiger partial charge in [-0.2, -0.15) is 0 Å². The molecular weight excluding hydrogens is 222 g/mol. The fraction of sp³-hybridized carbons (Fsp3) is 0.625. The lowest BCUT2D eigenvalue weighted by molar-refractivity contribution is -0.0639. The maximum Gasteiger partial charge on any atom is 0.141 e. The van der Waals surface area contributed by atoms with Gasteiger partial charge in [0.1, 0.15) is 5.72 Å². The van der Waals surface area contributed by atoms with E-state index >= 15 is 0 Å². The molecule has 0 aliphatic carbocycles. The van der Waals surface area contributed by atoms with Crippen molar-refractivity contribution in [2.45, 2.75) is 51.7 Å². The zero-order chi connectivity index (χ0) is 12.8. The van der Waals surface area contributed by atoms with Gasteiger partial charge in [0.15, 0.2) is 0 Å². The minimum absolute atomic E-state index is 0.0664. The van der Waals surface area contributed by atoms with Crippen LogP contribution in [0.2, 0.25) is 0 Å². The van der Waals surface area contributed by atoms with Gasteiger partial charge >= 0.3 is 0 Å². The van der Waals surface area contributed by atoms with Crippen LogP contribution in [-0.2, 0) is 4.74 Å². The topological polar surface area (TPSA) is 12.5 Å². The van der Waals surface area contributed by atoms with Gasteiger partial charge in [-0.05, 0) is 44.7 Å². The van der Waals surface area contributed by atoms with Crippen LogP contribution in [0.15, 0.2) is 30.3 Å². The quantitative estimate of drug-likeness (QED) is 0.773. The molecule has 1 aromatic carbocycles. The minimum atomic E-state index is -0.0664. The number of rotatable bonds is 5. The van der Waals surface area contributed by atoms with E-state index < -0.39 is 0 Å². The molecule has 1 heterocycles. The Kier molecular flexibility index (Phi) is 4.65. The Morgan fingerprint density at radius 3 is 2.61 bits per heavy atom. The Morgan fingerprint density at radius 1 is 1.17 bits per heavy atom. The van der Waals surface area contributed by atoms with E-state index in [0.717, 1.165) is 26.0 Å². The smallest absolute Gasteiger partial charge is 0.141 e. The number of anilines is 1. The molecular formula is C16H25NO. The molecule has 1 aliphatic heterocycles. The zero-order valence-corrected chi connectivity index (χ0v) is 11.7. The van der Waals surface area contributed by atoms with Crippen LogP contribution in [-0.4, -0.2) is 18.9 Å². The Hall–Kier alpha value is -1.02. The SMILES string of the molecule is CCCC1(OCC)CCCCN1c1ccccc1. The Morgan fingerprint density at radius 2 is 1.94 bits per heavy atom. The van der Waals surface area contributed by atoms with Crippen LogP contribution in [0.4, 0.5) is 5.69 Å². The minimum Gasteiger partial charge on any atom is -0.356 e. The first kappa shape index (κ1) is 13.4. The number of para-hydroxylation sites is 1. The van der Waals surface area contributed by atoms with Crippen molar-refractivity contribution in [1.82, 2.24) is 0 Å². The van der Waals surface area contributed by atoms with Gasteiger partial charge in [0, 0.05) is 18.8 Å². The lowest BCUT2D eigenvalue weighted by Gasteiger charge is -2.48. The van der Waals surface area contributed by atoms with Gasteiger partial charge in [0.05, 0.1) is 0 Å². The predicted molar refractivity (Wildman–Crippen MR) is 76.9 cm³/mol. The van der Waals surface area contributed by atoms with Crippen molar-refractivity contribution in [2.75, 3.05) is 18.1 Å². The fourth-order valence-electron chi connectivity index (χ4n) is 3.12. The van der Waals surface area contributed by atoms with E-state index in [4.69, 9.17) is 4.74 Å². The standard InChI is InChI=1S/C16H25NO/c1-3-12-16(18-4-2)13-8-9-14-17(16)15-10-6-5-7-11-15/h5-7,10-11H,3-4,8-9,12-14H2,1-2H3. The second-order valence-electron chi connectivity index (χ2n) is 5.07. The monoisotopic (exact) mass is 247 g/mol. The van der Waals surface area contributed by atoms with Crippen molar-refractivity contribution in [3.63, 3.8) is 0 Å². The Labute approximate surface area is 111 Å². The van der Waals surface area contributed by atoms with Gasteiger partial charge in [0.25, 0.3) is 0 Å². The molecule has 18 heavy (non-hydrogen) atoms. The van der Waals surface area contributed by atoms with Gasteiger partial charge in [-0.25, -0.2) is 0 Å². The molecule has 1 fully saturated rings. The number of piperidine rings is 1. The summed E-state index contributed by atoms with van der Waals surface area (Å²) in [4.78, 5) is 2.49. The van der Waals surface area contributed by atoms with Crippen LogP contribution in [0.1, 0.15) is 46.0 Å². The van der Waals surface area contributed by atoms with Gasteiger partial charge in [-0.3, -0.25) is 0 Å². The van der Waals surface area contributed by atoms with E-state index in [9.17, 15) is 0 Å². The third-order valence-electron chi connectivity index (χ3n) is 3.81. The number of hydrogen-bond acceptors (Lipinski definition) is 2. The molecule has 1 aliphatic rings. The molecule has 0 N–H and O–H groups in total.